The number of fused-ring (bicyclic) bond motifs is 1. The molecule has 0 aliphatic carbocycles. The second-order valence-corrected chi connectivity index (χ2v) is 9.82. The Morgan fingerprint density at radius 2 is 1.56 bits per heavy atom. The van der Waals surface area contributed by atoms with Crippen LogP contribution in [0.15, 0.2) is 0 Å². The first-order valence-electron chi connectivity index (χ1n) is 10.9. The van der Waals surface area contributed by atoms with Gasteiger partial charge in [0.15, 0.2) is 18.3 Å². The fourth-order valence-electron chi connectivity index (χ4n) is 3.34. The van der Waals surface area contributed by atoms with Crippen LogP contribution in [-0.4, -0.2) is 54.6 Å². The summed E-state index contributed by atoms with van der Waals surface area (Å²) in [5.41, 5.74) is -1.37. The molecule has 6 atom stereocenters. The SMILES string of the molecule is CCC(C)(C)C(=O)OC(C)C(F)(F)F.CCC(C)(C)C(=O)OC1C2CC3C(=O)OC1C3O2. The third-order valence-corrected chi connectivity index (χ3v) is 6.64. The Bertz CT molecular complexity index is 732. The summed E-state index contributed by atoms with van der Waals surface area (Å²) in [4.78, 5) is 34.8. The van der Waals surface area contributed by atoms with Gasteiger partial charge in [-0.2, -0.15) is 13.2 Å². The van der Waals surface area contributed by atoms with E-state index in [1.807, 2.05) is 20.8 Å². The predicted octanol–water partition coefficient (Wildman–Crippen LogP) is 3.96. The van der Waals surface area contributed by atoms with Crippen LogP contribution in [0.4, 0.5) is 13.2 Å². The van der Waals surface area contributed by atoms with Gasteiger partial charge in [0.1, 0.15) is 6.10 Å². The Labute approximate surface area is 186 Å². The lowest BCUT2D eigenvalue weighted by molar-refractivity contribution is -0.221. The monoisotopic (exact) mass is 466 g/mol. The van der Waals surface area contributed by atoms with Gasteiger partial charge in [0.25, 0.3) is 0 Å². The van der Waals surface area contributed by atoms with E-state index in [2.05, 4.69) is 4.74 Å². The molecule has 0 spiro atoms. The average molecular weight is 466 g/mol. The highest BCUT2D eigenvalue weighted by Gasteiger charge is 2.65. The summed E-state index contributed by atoms with van der Waals surface area (Å²) in [6, 6.07) is 0. The lowest BCUT2D eigenvalue weighted by atomic mass is 9.87. The van der Waals surface area contributed by atoms with Gasteiger partial charge in [-0.3, -0.25) is 14.4 Å². The quantitative estimate of drug-likeness (QED) is 0.432. The highest BCUT2D eigenvalue weighted by atomic mass is 19.4. The van der Waals surface area contributed by atoms with Crippen LogP contribution in [0.1, 0.15) is 67.7 Å². The lowest BCUT2D eigenvalue weighted by Gasteiger charge is -2.27. The zero-order valence-electron chi connectivity index (χ0n) is 19.6. The van der Waals surface area contributed by atoms with Crippen LogP contribution >= 0.6 is 0 Å². The van der Waals surface area contributed by atoms with Crippen molar-refractivity contribution in [3.8, 4) is 0 Å². The van der Waals surface area contributed by atoms with Crippen molar-refractivity contribution in [1.29, 1.82) is 0 Å². The van der Waals surface area contributed by atoms with E-state index in [-0.39, 0.29) is 30.1 Å². The summed E-state index contributed by atoms with van der Waals surface area (Å²) in [6.45, 7) is 11.3. The van der Waals surface area contributed by atoms with Crippen LogP contribution in [0.5, 0.6) is 0 Å². The minimum atomic E-state index is -4.49. The Kier molecular flexibility index (Phi) is 7.59. The van der Waals surface area contributed by atoms with Crippen molar-refractivity contribution < 1.29 is 46.5 Å². The van der Waals surface area contributed by atoms with Crippen molar-refractivity contribution in [1.82, 2.24) is 0 Å². The topological polar surface area (TPSA) is 88.1 Å². The van der Waals surface area contributed by atoms with Gasteiger partial charge in [-0.05, 0) is 53.9 Å². The summed E-state index contributed by atoms with van der Waals surface area (Å²) in [7, 11) is 0. The predicted molar refractivity (Wildman–Crippen MR) is 106 cm³/mol. The molecule has 7 nitrogen and oxygen atoms in total. The molecule has 3 rings (SSSR count). The number of halogens is 3. The van der Waals surface area contributed by atoms with Crippen LogP contribution in [-0.2, 0) is 33.3 Å². The fourth-order valence-corrected chi connectivity index (χ4v) is 3.34. The number of carbonyl (C=O) groups is 3. The first-order chi connectivity index (χ1) is 14.5. The molecule has 3 heterocycles. The standard InChI is InChI=1S/C13H18O5.C9H15F3O2/c1-4-13(2,3)12(15)18-9-7-5-6-8(16-7)10(9)17-11(6)14;1-5-8(3,4)7(13)14-6(2)9(10,11)12/h6-10H,4-5H2,1-3H3;6H,5H2,1-4H3. The van der Waals surface area contributed by atoms with Gasteiger partial charge in [-0.1, -0.05) is 13.8 Å². The molecule has 3 aliphatic rings. The van der Waals surface area contributed by atoms with Gasteiger partial charge in [0.05, 0.1) is 22.9 Å². The molecular formula is C22H33F3O7. The summed E-state index contributed by atoms with van der Waals surface area (Å²) >= 11 is 0. The zero-order chi connectivity index (χ0) is 24.6. The molecule has 0 saturated carbocycles. The third kappa shape index (κ3) is 5.38. The molecule has 3 aliphatic heterocycles. The Hall–Kier alpha value is -1.84. The zero-order valence-corrected chi connectivity index (χ0v) is 19.6. The molecule has 0 aromatic carbocycles. The molecule has 3 fully saturated rings. The van der Waals surface area contributed by atoms with E-state index in [1.54, 1.807) is 20.8 Å². The van der Waals surface area contributed by atoms with Gasteiger partial charge < -0.3 is 18.9 Å². The van der Waals surface area contributed by atoms with Crippen LogP contribution < -0.4 is 0 Å². The fraction of sp³-hybridized carbons (Fsp3) is 0.864. The van der Waals surface area contributed by atoms with Crippen molar-refractivity contribution in [2.45, 2.75) is 104 Å². The average Bonchev–Trinajstić information content (AvgIpc) is 3.32. The van der Waals surface area contributed by atoms with Gasteiger partial charge in [0, 0.05) is 0 Å². The molecule has 6 unspecified atom stereocenters. The van der Waals surface area contributed by atoms with Crippen molar-refractivity contribution >= 4 is 17.9 Å². The van der Waals surface area contributed by atoms with E-state index >= 15 is 0 Å². The number of hydrogen-bond acceptors (Lipinski definition) is 7. The van der Waals surface area contributed by atoms with E-state index < -0.39 is 41.3 Å². The van der Waals surface area contributed by atoms with Crippen LogP contribution in [0.25, 0.3) is 0 Å². The van der Waals surface area contributed by atoms with Crippen LogP contribution in [0, 0.1) is 16.7 Å². The maximum absolute atomic E-state index is 12.1. The summed E-state index contributed by atoms with van der Waals surface area (Å²) in [6.07, 6.45) is -5.95. The minimum Gasteiger partial charge on any atom is -0.455 e. The molecule has 3 saturated heterocycles. The van der Waals surface area contributed by atoms with Gasteiger partial charge in [-0.15, -0.1) is 0 Å². The molecule has 0 aromatic rings. The number of esters is 3. The van der Waals surface area contributed by atoms with Crippen molar-refractivity contribution in [3.05, 3.63) is 0 Å². The van der Waals surface area contributed by atoms with Crippen molar-refractivity contribution in [3.63, 3.8) is 0 Å². The van der Waals surface area contributed by atoms with Gasteiger partial charge >= 0.3 is 24.1 Å². The molecule has 0 amide bonds. The van der Waals surface area contributed by atoms with Gasteiger partial charge in [0.2, 0.25) is 0 Å². The number of rotatable bonds is 6. The number of alkyl halides is 3. The van der Waals surface area contributed by atoms with E-state index in [1.165, 1.54) is 0 Å². The Balaban J connectivity index is 0.000000237. The maximum atomic E-state index is 12.1. The lowest BCUT2D eigenvalue weighted by Crippen LogP contribution is -2.42. The molecule has 0 N–H and O–H groups in total. The minimum absolute atomic E-state index is 0.144. The maximum Gasteiger partial charge on any atom is 0.425 e. The van der Waals surface area contributed by atoms with Gasteiger partial charge in [-0.25, -0.2) is 0 Å². The normalized spacial score (nSPS) is 29.7. The first-order valence-corrected chi connectivity index (χ1v) is 10.9. The third-order valence-electron chi connectivity index (χ3n) is 6.64. The highest BCUT2D eigenvalue weighted by Crippen LogP contribution is 2.47. The molecule has 0 aromatic heterocycles. The number of ether oxygens (including phenoxy) is 4. The molecule has 0 radical (unpaired) electrons. The smallest absolute Gasteiger partial charge is 0.425 e. The largest absolute Gasteiger partial charge is 0.455 e. The summed E-state index contributed by atoms with van der Waals surface area (Å²) in [5, 5.41) is 0. The molecule has 184 valence electrons. The molecule has 10 heteroatoms. The number of carbonyl (C=O) groups excluding carboxylic acids is 3. The second-order valence-electron chi connectivity index (χ2n) is 9.82. The number of hydrogen-bond donors (Lipinski definition) is 0. The van der Waals surface area contributed by atoms with E-state index in [4.69, 9.17) is 14.2 Å². The van der Waals surface area contributed by atoms with Crippen molar-refractivity contribution in [2.75, 3.05) is 0 Å². The van der Waals surface area contributed by atoms with E-state index in [0.29, 0.717) is 19.3 Å². The van der Waals surface area contributed by atoms with Crippen LogP contribution in [0.3, 0.4) is 0 Å². The summed E-state index contributed by atoms with van der Waals surface area (Å²) in [5.74, 6) is -1.41. The highest BCUT2D eigenvalue weighted by molar-refractivity contribution is 5.79. The van der Waals surface area contributed by atoms with Crippen molar-refractivity contribution in [2.24, 2.45) is 16.7 Å². The molecule has 2 bridgehead atoms. The van der Waals surface area contributed by atoms with Crippen LogP contribution in [0.2, 0.25) is 0 Å². The first kappa shape index (κ1) is 26.4. The Morgan fingerprint density at radius 1 is 1.03 bits per heavy atom. The summed E-state index contributed by atoms with van der Waals surface area (Å²) < 4.78 is 56.8. The van der Waals surface area contributed by atoms with E-state index in [0.717, 1.165) is 6.92 Å². The molecule has 32 heavy (non-hydrogen) atoms. The second kappa shape index (κ2) is 9.19. The molecular weight excluding hydrogens is 433 g/mol. The Morgan fingerprint density at radius 3 is 2.06 bits per heavy atom. The van der Waals surface area contributed by atoms with E-state index in [9.17, 15) is 27.6 Å².